The monoisotopic (exact) mass is 255 g/mol. The van der Waals surface area contributed by atoms with Gasteiger partial charge in [-0.1, -0.05) is 18.2 Å². The molecular weight excluding hydrogens is 245 g/mol. The van der Waals surface area contributed by atoms with Crippen LogP contribution in [0.2, 0.25) is 0 Å². The number of carbonyl (C=O) groups is 1. The van der Waals surface area contributed by atoms with Crippen LogP contribution < -0.4 is 4.74 Å². The highest BCUT2D eigenvalue weighted by molar-refractivity contribution is 5.97. The lowest BCUT2D eigenvalue weighted by atomic mass is 10.1. The summed E-state index contributed by atoms with van der Waals surface area (Å²) in [5, 5.41) is 8.73. The van der Waals surface area contributed by atoms with Crippen LogP contribution in [-0.4, -0.2) is 12.4 Å². The second-order valence-electron chi connectivity index (χ2n) is 3.86. The largest absolute Gasteiger partial charge is 0.485 e. The summed E-state index contributed by atoms with van der Waals surface area (Å²) in [4.78, 5) is 11.8. The number of nitrogens with zero attached hydrogens (tertiary/aromatic N) is 1. The van der Waals surface area contributed by atoms with Crippen LogP contribution in [0.25, 0.3) is 0 Å². The van der Waals surface area contributed by atoms with Gasteiger partial charge in [0.05, 0.1) is 11.6 Å². The molecule has 0 aromatic heterocycles. The highest BCUT2D eigenvalue weighted by atomic mass is 19.1. The summed E-state index contributed by atoms with van der Waals surface area (Å²) in [6.45, 7) is -0.196. The number of ether oxygens (including phenoxy) is 1. The van der Waals surface area contributed by atoms with Crippen molar-refractivity contribution in [2.45, 2.75) is 0 Å². The number of hydrogen-bond donors (Lipinski definition) is 0. The molecule has 0 bridgehead atoms. The average Bonchev–Trinajstić information content (AvgIpc) is 2.45. The van der Waals surface area contributed by atoms with E-state index in [2.05, 4.69) is 0 Å². The molecule has 2 aromatic rings. The Bertz CT molecular complexity index is 647. The van der Waals surface area contributed by atoms with Crippen LogP contribution >= 0.6 is 0 Å². The van der Waals surface area contributed by atoms with Crippen LogP contribution in [-0.2, 0) is 0 Å². The molecule has 4 heteroatoms. The molecule has 0 heterocycles. The van der Waals surface area contributed by atoms with Crippen molar-refractivity contribution in [3.63, 3.8) is 0 Å². The van der Waals surface area contributed by atoms with Gasteiger partial charge in [0.25, 0.3) is 0 Å². The van der Waals surface area contributed by atoms with Crippen molar-refractivity contribution in [3.05, 3.63) is 65.5 Å². The zero-order valence-electron chi connectivity index (χ0n) is 9.97. The molecule has 19 heavy (non-hydrogen) atoms. The first-order valence-electron chi connectivity index (χ1n) is 5.61. The molecule has 0 spiro atoms. The molecule has 0 amide bonds. The van der Waals surface area contributed by atoms with Gasteiger partial charge in [-0.15, -0.1) is 0 Å². The van der Waals surface area contributed by atoms with Crippen molar-refractivity contribution in [1.82, 2.24) is 0 Å². The maximum Gasteiger partial charge on any atom is 0.200 e. The highest BCUT2D eigenvalue weighted by Gasteiger charge is 2.07. The van der Waals surface area contributed by atoms with Crippen molar-refractivity contribution in [1.29, 1.82) is 5.26 Å². The van der Waals surface area contributed by atoms with Crippen molar-refractivity contribution >= 4 is 5.78 Å². The summed E-state index contributed by atoms with van der Waals surface area (Å²) in [7, 11) is 0. The lowest BCUT2D eigenvalue weighted by Crippen LogP contribution is -2.11. The standard InChI is InChI=1S/C15H10FNO2/c16-13-5-2-4-12(8-13)15(18)10-19-14-6-1-3-11(7-14)9-17/h1-8H,10H2. The van der Waals surface area contributed by atoms with Gasteiger partial charge in [-0.25, -0.2) is 4.39 Å². The Morgan fingerprint density at radius 3 is 2.74 bits per heavy atom. The average molecular weight is 255 g/mol. The lowest BCUT2D eigenvalue weighted by molar-refractivity contribution is 0.0921. The van der Waals surface area contributed by atoms with Gasteiger partial charge in [-0.2, -0.15) is 5.26 Å². The van der Waals surface area contributed by atoms with Gasteiger partial charge in [-0.05, 0) is 30.3 Å². The van der Waals surface area contributed by atoms with E-state index in [0.29, 0.717) is 11.3 Å². The van der Waals surface area contributed by atoms with E-state index in [1.165, 1.54) is 18.2 Å². The summed E-state index contributed by atoms with van der Waals surface area (Å²) in [5.41, 5.74) is 0.715. The van der Waals surface area contributed by atoms with Crippen molar-refractivity contribution in [2.24, 2.45) is 0 Å². The molecule has 0 saturated carbocycles. The van der Waals surface area contributed by atoms with E-state index in [4.69, 9.17) is 10.00 Å². The predicted octanol–water partition coefficient (Wildman–Crippen LogP) is 2.96. The van der Waals surface area contributed by atoms with Gasteiger partial charge in [0.1, 0.15) is 11.6 Å². The fraction of sp³-hybridized carbons (Fsp3) is 0.0667. The first-order chi connectivity index (χ1) is 9.19. The maximum atomic E-state index is 13.0. The Balaban J connectivity index is 2.02. The Kier molecular flexibility index (Phi) is 3.89. The van der Waals surface area contributed by atoms with Gasteiger partial charge in [0.2, 0.25) is 0 Å². The van der Waals surface area contributed by atoms with Gasteiger partial charge in [0, 0.05) is 5.56 Å². The van der Waals surface area contributed by atoms with Crippen molar-refractivity contribution < 1.29 is 13.9 Å². The second-order valence-corrected chi connectivity index (χ2v) is 3.86. The number of hydrogen-bond acceptors (Lipinski definition) is 3. The number of benzene rings is 2. The molecule has 0 atom stereocenters. The van der Waals surface area contributed by atoms with Gasteiger partial charge < -0.3 is 4.74 Å². The zero-order chi connectivity index (χ0) is 13.7. The number of rotatable bonds is 4. The van der Waals surface area contributed by atoms with Crippen molar-refractivity contribution in [3.8, 4) is 11.8 Å². The highest BCUT2D eigenvalue weighted by Crippen LogP contribution is 2.13. The Hall–Kier alpha value is -2.67. The second kappa shape index (κ2) is 5.78. The van der Waals surface area contributed by atoms with Crippen LogP contribution in [0.5, 0.6) is 5.75 Å². The van der Waals surface area contributed by atoms with Gasteiger partial charge in [0.15, 0.2) is 12.4 Å². The number of halogens is 1. The number of ketones is 1. The Morgan fingerprint density at radius 2 is 2.00 bits per heavy atom. The molecule has 0 aliphatic carbocycles. The van der Waals surface area contributed by atoms with Crippen molar-refractivity contribution in [2.75, 3.05) is 6.61 Å². The molecule has 0 N–H and O–H groups in total. The van der Waals surface area contributed by atoms with Crippen LogP contribution in [0.15, 0.2) is 48.5 Å². The molecule has 3 nitrogen and oxygen atoms in total. The van der Waals surface area contributed by atoms with Gasteiger partial charge in [-0.3, -0.25) is 4.79 Å². The fourth-order valence-corrected chi connectivity index (χ4v) is 1.55. The minimum atomic E-state index is -0.461. The third-order valence-electron chi connectivity index (χ3n) is 2.48. The fourth-order valence-electron chi connectivity index (χ4n) is 1.55. The molecule has 0 fully saturated rings. The summed E-state index contributed by atoms with van der Waals surface area (Å²) in [5.74, 6) is -0.344. The van der Waals surface area contributed by atoms with E-state index in [-0.39, 0.29) is 18.0 Å². The van der Waals surface area contributed by atoms with E-state index in [1.807, 2.05) is 6.07 Å². The molecule has 0 unspecified atom stereocenters. The molecule has 0 aliphatic rings. The molecule has 0 saturated heterocycles. The molecule has 94 valence electrons. The van der Waals surface area contributed by atoms with E-state index in [1.54, 1.807) is 24.3 Å². The zero-order valence-corrected chi connectivity index (χ0v) is 9.97. The third-order valence-corrected chi connectivity index (χ3v) is 2.48. The lowest BCUT2D eigenvalue weighted by Gasteiger charge is -2.05. The van der Waals surface area contributed by atoms with Crippen LogP contribution in [0.4, 0.5) is 4.39 Å². The number of nitriles is 1. The number of Topliss-reactive ketones (excluding diaryl/α,β-unsaturated/α-hetero) is 1. The minimum Gasteiger partial charge on any atom is -0.485 e. The smallest absolute Gasteiger partial charge is 0.200 e. The third kappa shape index (κ3) is 3.39. The molecule has 2 aromatic carbocycles. The van der Waals surface area contributed by atoms with E-state index in [0.717, 1.165) is 6.07 Å². The topological polar surface area (TPSA) is 50.1 Å². The first kappa shape index (κ1) is 12.8. The number of carbonyl (C=O) groups excluding carboxylic acids is 1. The Morgan fingerprint density at radius 1 is 1.21 bits per heavy atom. The van der Waals surface area contributed by atoms with Crippen LogP contribution in [0, 0.1) is 17.1 Å². The van der Waals surface area contributed by atoms with E-state index < -0.39 is 5.82 Å². The normalized spacial score (nSPS) is 9.68. The quantitative estimate of drug-likeness (QED) is 0.789. The summed E-state index contributed by atoms with van der Waals surface area (Å²) >= 11 is 0. The SMILES string of the molecule is N#Cc1cccc(OCC(=O)c2cccc(F)c2)c1. The van der Waals surface area contributed by atoms with Crippen LogP contribution in [0.3, 0.4) is 0 Å². The van der Waals surface area contributed by atoms with Crippen LogP contribution in [0.1, 0.15) is 15.9 Å². The Labute approximate surface area is 109 Å². The molecule has 0 radical (unpaired) electrons. The summed E-state index contributed by atoms with van der Waals surface area (Å²) in [6, 6.07) is 13.9. The minimum absolute atomic E-state index is 0.196. The summed E-state index contributed by atoms with van der Waals surface area (Å²) in [6.07, 6.45) is 0. The molecule has 0 aliphatic heterocycles. The van der Waals surface area contributed by atoms with Gasteiger partial charge >= 0.3 is 0 Å². The predicted molar refractivity (Wildman–Crippen MR) is 67.4 cm³/mol. The molecule has 2 rings (SSSR count). The first-order valence-corrected chi connectivity index (χ1v) is 5.61. The summed E-state index contributed by atoms with van der Waals surface area (Å²) < 4.78 is 18.2. The maximum absolute atomic E-state index is 13.0. The molecular formula is C15H10FNO2. The van der Waals surface area contributed by atoms with E-state index in [9.17, 15) is 9.18 Å². The van der Waals surface area contributed by atoms with E-state index >= 15 is 0 Å².